The summed E-state index contributed by atoms with van der Waals surface area (Å²) in [5, 5.41) is 5.60. The second kappa shape index (κ2) is 9.22. The number of carbonyl (C=O) groups is 3. The molecule has 0 spiro atoms. The molecule has 34 heavy (non-hydrogen) atoms. The molecule has 1 saturated carbocycles. The van der Waals surface area contributed by atoms with Crippen LogP contribution in [0.15, 0.2) is 41.1 Å². The van der Waals surface area contributed by atoms with Crippen LogP contribution in [0.1, 0.15) is 41.8 Å². The number of ether oxygens (including phenoxy) is 1. The molecule has 1 aliphatic carbocycles. The molecule has 2 N–H and O–H groups in total. The summed E-state index contributed by atoms with van der Waals surface area (Å²) in [7, 11) is 0. The third kappa shape index (κ3) is 4.36. The minimum Gasteiger partial charge on any atom is -0.447 e. The van der Waals surface area contributed by atoms with Crippen molar-refractivity contribution in [3.63, 3.8) is 0 Å². The lowest BCUT2D eigenvalue weighted by Gasteiger charge is -2.33. The predicted molar refractivity (Wildman–Crippen MR) is 123 cm³/mol. The first-order valence-corrected chi connectivity index (χ1v) is 11.3. The van der Waals surface area contributed by atoms with Gasteiger partial charge in [-0.2, -0.15) is 0 Å². The van der Waals surface area contributed by atoms with Crippen LogP contribution in [0.25, 0.3) is 11.1 Å². The second-order valence-electron chi connectivity index (χ2n) is 8.67. The number of pyridine rings is 2. The molecule has 4 heterocycles. The maximum atomic E-state index is 13.1. The number of aryl methyl sites for hydroxylation is 1. The van der Waals surface area contributed by atoms with Crippen LogP contribution >= 0.6 is 0 Å². The Morgan fingerprint density at radius 1 is 1.09 bits per heavy atom. The summed E-state index contributed by atoms with van der Waals surface area (Å²) < 4.78 is 11.0. The number of amides is 3. The average molecular weight is 463 g/mol. The minimum absolute atomic E-state index is 0.00237. The summed E-state index contributed by atoms with van der Waals surface area (Å²) in [6, 6.07) is 7.02. The molecule has 1 aliphatic heterocycles. The van der Waals surface area contributed by atoms with Crippen molar-refractivity contribution in [1.29, 1.82) is 0 Å². The lowest BCUT2D eigenvalue weighted by molar-refractivity contribution is -0.129. The van der Waals surface area contributed by atoms with Gasteiger partial charge in [0.05, 0.1) is 0 Å². The van der Waals surface area contributed by atoms with Gasteiger partial charge in [-0.3, -0.25) is 19.4 Å². The van der Waals surface area contributed by atoms with Crippen LogP contribution in [0.3, 0.4) is 0 Å². The van der Waals surface area contributed by atoms with Gasteiger partial charge in [0, 0.05) is 24.4 Å². The van der Waals surface area contributed by atoms with E-state index in [0.29, 0.717) is 36.5 Å². The number of nitrogens with zero attached hydrogens (tertiary/aromatic N) is 3. The third-order valence-corrected chi connectivity index (χ3v) is 6.34. The van der Waals surface area contributed by atoms with Gasteiger partial charge in [0.1, 0.15) is 30.4 Å². The average Bonchev–Trinajstić information content (AvgIpc) is 3.44. The van der Waals surface area contributed by atoms with Crippen molar-refractivity contribution in [1.82, 2.24) is 14.9 Å². The smallest absolute Gasteiger partial charge is 0.294 e. The number of nitrogens with one attached hydrogen (secondary N) is 2. The van der Waals surface area contributed by atoms with E-state index in [1.54, 1.807) is 35.5 Å². The van der Waals surface area contributed by atoms with Crippen molar-refractivity contribution in [2.45, 2.75) is 38.6 Å². The molecule has 10 nitrogen and oxygen atoms in total. The first-order chi connectivity index (χ1) is 16.5. The molecule has 3 amide bonds. The molecule has 2 aliphatic rings. The van der Waals surface area contributed by atoms with E-state index < -0.39 is 5.91 Å². The van der Waals surface area contributed by atoms with E-state index in [1.165, 1.54) is 0 Å². The molecule has 2 fully saturated rings. The van der Waals surface area contributed by atoms with Crippen LogP contribution in [-0.2, 0) is 14.3 Å². The zero-order chi connectivity index (χ0) is 23.7. The lowest BCUT2D eigenvalue weighted by Crippen LogP contribution is -2.41. The van der Waals surface area contributed by atoms with E-state index >= 15 is 0 Å². The molecule has 10 heteroatoms. The Hall–Kier alpha value is -3.79. The lowest BCUT2D eigenvalue weighted by atomic mass is 9.85. The van der Waals surface area contributed by atoms with Crippen molar-refractivity contribution >= 4 is 40.3 Å². The van der Waals surface area contributed by atoms with E-state index in [4.69, 9.17) is 9.15 Å². The fourth-order valence-corrected chi connectivity index (χ4v) is 4.49. The molecular formula is C24H25N5O5. The van der Waals surface area contributed by atoms with Gasteiger partial charge in [0.2, 0.25) is 11.7 Å². The molecule has 3 aromatic heterocycles. The number of aromatic nitrogens is 2. The van der Waals surface area contributed by atoms with Gasteiger partial charge in [-0.1, -0.05) is 6.07 Å². The van der Waals surface area contributed by atoms with Crippen LogP contribution in [0.2, 0.25) is 0 Å². The third-order valence-electron chi connectivity index (χ3n) is 6.34. The van der Waals surface area contributed by atoms with Crippen molar-refractivity contribution < 1.29 is 23.5 Å². The fourth-order valence-electron chi connectivity index (χ4n) is 4.49. The summed E-state index contributed by atoms with van der Waals surface area (Å²) in [6.07, 6.45) is 5.96. The van der Waals surface area contributed by atoms with E-state index in [1.807, 2.05) is 13.0 Å². The maximum absolute atomic E-state index is 13.1. The summed E-state index contributed by atoms with van der Waals surface area (Å²) in [4.78, 5) is 48.3. The topological polar surface area (TPSA) is 127 Å². The van der Waals surface area contributed by atoms with E-state index in [0.717, 1.165) is 18.4 Å². The molecule has 0 atom stereocenters. The van der Waals surface area contributed by atoms with Crippen LogP contribution in [0.5, 0.6) is 0 Å². The Morgan fingerprint density at radius 3 is 2.62 bits per heavy atom. The van der Waals surface area contributed by atoms with Crippen LogP contribution in [0, 0.1) is 12.8 Å². The first-order valence-electron chi connectivity index (χ1n) is 11.3. The predicted octanol–water partition coefficient (Wildman–Crippen LogP) is 3.10. The zero-order valence-electron chi connectivity index (χ0n) is 18.7. The molecule has 176 valence electrons. The highest BCUT2D eigenvalue weighted by atomic mass is 16.5. The Labute approximate surface area is 195 Å². The van der Waals surface area contributed by atoms with Crippen molar-refractivity contribution in [3.8, 4) is 0 Å². The van der Waals surface area contributed by atoms with Crippen LogP contribution in [0.4, 0.5) is 11.5 Å². The van der Waals surface area contributed by atoms with Crippen molar-refractivity contribution in [3.05, 3.63) is 48.0 Å². The van der Waals surface area contributed by atoms with Gasteiger partial charge in [0.15, 0.2) is 5.58 Å². The number of furan rings is 1. The monoisotopic (exact) mass is 463 g/mol. The normalized spacial score (nSPS) is 20.5. The Morgan fingerprint density at radius 2 is 1.91 bits per heavy atom. The zero-order valence-corrected chi connectivity index (χ0v) is 18.7. The highest BCUT2D eigenvalue weighted by Gasteiger charge is 2.35. The molecule has 0 unspecified atom stereocenters. The molecule has 0 aromatic carbocycles. The first kappa shape index (κ1) is 22.0. The van der Waals surface area contributed by atoms with Crippen molar-refractivity contribution in [2.75, 3.05) is 24.0 Å². The number of rotatable bonds is 5. The number of carbonyl (C=O) groups excluding carboxylic acids is 3. The fraction of sp³-hybridized carbons (Fsp3) is 0.375. The largest absolute Gasteiger partial charge is 0.447 e. The van der Waals surface area contributed by atoms with Crippen LogP contribution in [-0.4, -0.2) is 52.0 Å². The number of fused-ring (bicyclic) bond motifs is 1. The molecule has 1 saturated heterocycles. The second-order valence-corrected chi connectivity index (χ2v) is 8.67. The van der Waals surface area contributed by atoms with E-state index in [9.17, 15) is 14.4 Å². The Kier molecular flexibility index (Phi) is 5.97. The van der Waals surface area contributed by atoms with Gasteiger partial charge in [-0.05, 0) is 56.4 Å². The minimum atomic E-state index is -0.527. The standard InChI is InChI=1S/C24H25N5O5/c1-14-4-9-18(26-11-14)27-24(32)22-21(20-17(34-22)3-2-10-25-20)28-23(31)15-5-7-16(8-6-15)29-13-33-12-19(29)30/h2-4,9-11,15-16H,5-8,12-13H2,1H3,(H,28,31)(H,26,27,32). The number of hydrogen-bond donors (Lipinski definition) is 2. The Balaban J connectivity index is 1.32. The van der Waals surface area contributed by atoms with E-state index in [2.05, 4.69) is 20.6 Å². The number of anilines is 2. The van der Waals surface area contributed by atoms with Gasteiger partial charge in [-0.25, -0.2) is 4.98 Å². The van der Waals surface area contributed by atoms with E-state index in [-0.39, 0.29) is 41.8 Å². The van der Waals surface area contributed by atoms with Crippen molar-refractivity contribution in [2.24, 2.45) is 5.92 Å². The summed E-state index contributed by atoms with van der Waals surface area (Å²) >= 11 is 0. The van der Waals surface area contributed by atoms with Gasteiger partial charge in [0.25, 0.3) is 11.8 Å². The SMILES string of the molecule is Cc1ccc(NC(=O)c2oc3cccnc3c2NC(=O)C2CCC(N3COCC3=O)CC2)nc1. The Bertz CT molecular complexity index is 1230. The molecular weight excluding hydrogens is 438 g/mol. The summed E-state index contributed by atoms with van der Waals surface area (Å²) in [6.45, 7) is 2.35. The maximum Gasteiger partial charge on any atom is 0.294 e. The van der Waals surface area contributed by atoms with Crippen LogP contribution < -0.4 is 10.6 Å². The molecule has 0 radical (unpaired) electrons. The highest BCUT2D eigenvalue weighted by molar-refractivity contribution is 6.13. The summed E-state index contributed by atoms with van der Waals surface area (Å²) in [5.41, 5.74) is 2.02. The molecule has 0 bridgehead atoms. The molecule has 5 rings (SSSR count). The van der Waals surface area contributed by atoms with Gasteiger partial charge in [-0.15, -0.1) is 0 Å². The van der Waals surface area contributed by atoms with Gasteiger partial charge < -0.3 is 24.7 Å². The van der Waals surface area contributed by atoms with Gasteiger partial charge >= 0.3 is 0 Å². The number of hydrogen-bond acceptors (Lipinski definition) is 7. The molecule has 3 aromatic rings. The quantitative estimate of drug-likeness (QED) is 0.595. The highest BCUT2D eigenvalue weighted by Crippen LogP contribution is 2.33. The summed E-state index contributed by atoms with van der Waals surface area (Å²) in [5.74, 6) is -0.613.